The van der Waals surface area contributed by atoms with Gasteiger partial charge in [0.2, 0.25) is 0 Å². The molecule has 2 aromatic carbocycles. The Hall–Kier alpha value is -2.53. The van der Waals surface area contributed by atoms with Crippen LogP contribution in [0, 0.1) is 17.2 Å². The van der Waals surface area contributed by atoms with E-state index < -0.39 is 40.4 Å². The molecule has 2 aromatic rings. The van der Waals surface area contributed by atoms with Crippen molar-refractivity contribution >= 4 is 0 Å². The van der Waals surface area contributed by atoms with Crippen LogP contribution >= 0.6 is 0 Å². The van der Waals surface area contributed by atoms with Gasteiger partial charge in [-0.15, -0.1) is 0 Å². The van der Waals surface area contributed by atoms with Crippen LogP contribution < -0.4 is 0 Å². The monoisotopic (exact) mass is 538 g/mol. The van der Waals surface area contributed by atoms with Gasteiger partial charge in [0, 0.05) is 18.6 Å². The van der Waals surface area contributed by atoms with Crippen molar-refractivity contribution in [1.29, 1.82) is 5.26 Å². The van der Waals surface area contributed by atoms with Crippen molar-refractivity contribution in [2.24, 2.45) is 5.92 Å². The fraction of sp³-hybridized carbons (Fsp3) is 0.567. The Kier molecular flexibility index (Phi) is 9.57. The van der Waals surface area contributed by atoms with Crippen LogP contribution in [0.25, 0.3) is 0 Å². The SMILES string of the molecule is CC(C)N(CCc1ccccc1)C(C)CCC(C#N)(c1c(C(F)(F)F)cccc1C(F)(F)F)C1CCCC1. The lowest BCUT2D eigenvalue weighted by Crippen LogP contribution is -2.43. The number of benzene rings is 2. The minimum Gasteiger partial charge on any atom is -0.298 e. The highest BCUT2D eigenvalue weighted by molar-refractivity contribution is 5.49. The minimum absolute atomic E-state index is 0.0694. The average Bonchev–Trinajstić information content (AvgIpc) is 3.39. The molecular formula is C30H36F6N2. The number of halogens is 6. The number of nitriles is 1. The highest BCUT2D eigenvalue weighted by Gasteiger charge is 2.52. The second-order valence-electron chi connectivity index (χ2n) is 10.7. The lowest BCUT2D eigenvalue weighted by atomic mass is 9.64. The highest BCUT2D eigenvalue weighted by atomic mass is 19.4. The molecule has 2 atom stereocenters. The third kappa shape index (κ3) is 6.72. The molecule has 2 nitrogen and oxygen atoms in total. The minimum atomic E-state index is -5.01. The Morgan fingerprint density at radius 2 is 1.42 bits per heavy atom. The highest BCUT2D eigenvalue weighted by Crippen LogP contribution is 2.52. The molecule has 8 heteroatoms. The topological polar surface area (TPSA) is 27.0 Å². The van der Waals surface area contributed by atoms with Crippen LogP contribution in [0.1, 0.15) is 81.5 Å². The molecule has 2 unspecified atom stereocenters. The Morgan fingerprint density at radius 3 is 1.89 bits per heavy atom. The van der Waals surface area contributed by atoms with Crippen LogP contribution in [0.2, 0.25) is 0 Å². The molecule has 38 heavy (non-hydrogen) atoms. The third-order valence-corrected chi connectivity index (χ3v) is 8.06. The standard InChI is InChI=1S/C30H36F6N2/c1-21(2)38(19-17-23-10-5-4-6-11-23)22(3)16-18-28(20-37,24-12-7-8-13-24)27-25(29(31,32)33)14-9-15-26(27)30(34,35)36/h4-6,9-11,14-15,21-22,24H,7-8,12-13,16-19H2,1-3H3. The summed E-state index contributed by atoms with van der Waals surface area (Å²) < 4.78 is 85.1. The Labute approximate surface area is 221 Å². The van der Waals surface area contributed by atoms with Gasteiger partial charge in [0.25, 0.3) is 0 Å². The molecule has 0 amide bonds. The van der Waals surface area contributed by atoms with Crippen LogP contribution in [0.4, 0.5) is 26.3 Å². The van der Waals surface area contributed by atoms with E-state index in [-0.39, 0.29) is 18.5 Å². The summed E-state index contributed by atoms with van der Waals surface area (Å²) in [7, 11) is 0. The molecule has 0 radical (unpaired) electrons. The largest absolute Gasteiger partial charge is 0.416 e. The zero-order valence-corrected chi connectivity index (χ0v) is 22.2. The molecule has 1 saturated carbocycles. The van der Waals surface area contributed by atoms with Crippen molar-refractivity contribution in [2.75, 3.05) is 6.54 Å². The summed E-state index contributed by atoms with van der Waals surface area (Å²) in [5.41, 5.74) is -4.32. The summed E-state index contributed by atoms with van der Waals surface area (Å²) in [5, 5.41) is 10.5. The zero-order chi connectivity index (χ0) is 28.1. The number of hydrogen-bond acceptors (Lipinski definition) is 2. The first kappa shape index (κ1) is 30.0. The normalized spacial score (nSPS) is 17.5. The van der Waals surface area contributed by atoms with Gasteiger partial charge >= 0.3 is 12.4 Å². The maximum atomic E-state index is 14.2. The van der Waals surface area contributed by atoms with Crippen LogP contribution in [-0.4, -0.2) is 23.5 Å². The van der Waals surface area contributed by atoms with Gasteiger partial charge < -0.3 is 0 Å². The van der Waals surface area contributed by atoms with Gasteiger partial charge in [-0.25, -0.2) is 0 Å². The lowest BCUT2D eigenvalue weighted by molar-refractivity contribution is -0.145. The zero-order valence-electron chi connectivity index (χ0n) is 22.2. The molecular weight excluding hydrogens is 502 g/mol. The van der Waals surface area contributed by atoms with Gasteiger partial charge in [-0.2, -0.15) is 31.6 Å². The second kappa shape index (κ2) is 12.1. The summed E-state index contributed by atoms with van der Waals surface area (Å²) in [4.78, 5) is 2.21. The van der Waals surface area contributed by atoms with Crippen molar-refractivity contribution in [2.45, 2.75) is 95.6 Å². The Morgan fingerprint density at radius 1 is 0.868 bits per heavy atom. The first-order valence-corrected chi connectivity index (χ1v) is 13.3. The van der Waals surface area contributed by atoms with E-state index in [1.165, 1.54) is 0 Å². The number of hydrogen-bond donors (Lipinski definition) is 0. The lowest BCUT2D eigenvalue weighted by Gasteiger charge is -2.40. The van der Waals surface area contributed by atoms with Crippen molar-refractivity contribution < 1.29 is 26.3 Å². The number of rotatable bonds is 10. The molecule has 1 aliphatic rings. The van der Waals surface area contributed by atoms with E-state index in [4.69, 9.17) is 0 Å². The molecule has 208 valence electrons. The summed E-state index contributed by atoms with van der Waals surface area (Å²) in [6, 6.07) is 14.1. The predicted octanol–water partition coefficient (Wildman–Crippen LogP) is 8.80. The average molecular weight is 539 g/mol. The molecule has 0 N–H and O–H groups in total. The molecule has 0 aliphatic heterocycles. The molecule has 0 spiro atoms. The summed E-state index contributed by atoms with van der Waals surface area (Å²) >= 11 is 0. The maximum Gasteiger partial charge on any atom is 0.416 e. The Bertz CT molecular complexity index is 1050. The van der Waals surface area contributed by atoms with Gasteiger partial charge in [-0.1, -0.05) is 49.2 Å². The molecule has 1 fully saturated rings. The van der Waals surface area contributed by atoms with E-state index in [1.807, 2.05) is 51.1 Å². The molecule has 0 heterocycles. The van der Waals surface area contributed by atoms with E-state index >= 15 is 0 Å². The first-order chi connectivity index (χ1) is 17.8. The first-order valence-electron chi connectivity index (χ1n) is 13.3. The van der Waals surface area contributed by atoms with Gasteiger partial charge in [0.15, 0.2) is 0 Å². The summed E-state index contributed by atoms with van der Waals surface area (Å²) in [6.45, 7) is 6.69. The maximum absolute atomic E-state index is 14.2. The van der Waals surface area contributed by atoms with E-state index in [0.717, 1.165) is 18.1 Å². The fourth-order valence-corrected chi connectivity index (χ4v) is 6.15. The van der Waals surface area contributed by atoms with Gasteiger partial charge in [0.05, 0.1) is 22.6 Å². The summed E-state index contributed by atoms with van der Waals surface area (Å²) in [6.07, 6.45) is -6.76. The quantitative estimate of drug-likeness (QED) is 0.283. The molecule has 3 rings (SSSR count). The van der Waals surface area contributed by atoms with Crippen LogP contribution in [0.15, 0.2) is 48.5 Å². The fourth-order valence-electron chi connectivity index (χ4n) is 6.15. The van der Waals surface area contributed by atoms with Gasteiger partial charge in [-0.3, -0.25) is 4.90 Å². The van der Waals surface area contributed by atoms with E-state index in [1.54, 1.807) is 0 Å². The Balaban J connectivity index is 2.01. The van der Waals surface area contributed by atoms with Crippen molar-refractivity contribution in [3.63, 3.8) is 0 Å². The van der Waals surface area contributed by atoms with E-state index in [2.05, 4.69) is 11.0 Å². The van der Waals surface area contributed by atoms with E-state index in [9.17, 15) is 31.6 Å². The summed E-state index contributed by atoms with van der Waals surface area (Å²) in [5.74, 6) is -0.568. The number of alkyl halides is 6. The molecule has 1 aliphatic carbocycles. The number of nitrogens with zero attached hydrogens (tertiary/aromatic N) is 2. The van der Waals surface area contributed by atoms with Gasteiger partial charge in [-0.05, 0) is 82.1 Å². The van der Waals surface area contributed by atoms with Gasteiger partial charge in [0.1, 0.15) is 0 Å². The van der Waals surface area contributed by atoms with Crippen molar-refractivity contribution in [3.05, 3.63) is 70.8 Å². The second-order valence-corrected chi connectivity index (χ2v) is 10.7. The smallest absolute Gasteiger partial charge is 0.298 e. The van der Waals surface area contributed by atoms with E-state index in [0.29, 0.717) is 50.8 Å². The third-order valence-electron chi connectivity index (χ3n) is 8.06. The molecule has 0 saturated heterocycles. The predicted molar refractivity (Wildman–Crippen MR) is 136 cm³/mol. The molecule has 0 aromatic heterocycles. The van der Waals surface area contributed by atoms with Crippen molar-refractivity contribution in [1.82, 2.24) is 4.90 Å². The van der Waals surface area contributed by atoms with Crippen LogP contribution in [0.5, 0.6) is 0 Å². The van der Waals surface area contributed by atoms with Crippen molar-refractivity contribution in [3.8, 4) is 6.07 Å². The molecule has 0 bridgehead atoms. The van der Waals surface area contributed by atoms with Crippen LogP contribution in [0.3, 0.4) is 0 Å². The van der Waals surface area contributed by atoms with Crippen LogP contribution in [-0.2, 0) is 24.2 Å².